The van der Waals surface area contributed by atoms with Crippen molar-refractivity contribution in [1.29, 1.82) is 0 Å². The fourth-order valence-corrected chi connectivity index (χ4v) is 3.10. The molecule has 0 fully saturated rings. The van der Waals surface area contributed by atoms with E-state index in [-0.39, 0.29) is 12.4 Å². The second-order valence-corrected chi connectivity index (χ2v) is 7.14. The first-order chi connectivity index (χ1) is 12.6. The molecule has 0 radical (unpaired) electrons. The molecule has 9 heteroatoms. The standard InChI is InChI=1S/C17H16BrFN4O2S/c18-12-2-1-3-15(10-12)24-8-9-26-17-22-21-16(23(17)20)11-25-14-6-4-13(19)5-7-14/h1-7,10H,8-9,11,20H2. The topological polar surface area (TPSA) is 75.2 Å². The van der Waals surface area contributed by atoms with Crippen molar-refractivity contribution in [3.8, 4) is 11.5 Å². The molecule has 136 valence electrons. The molecule has 1 aromatic heterocycles. The largest absolute Gasteiger partial charge is 0.493 e. The van der Waals surface area contributed by atoms with E-state index >= 15 is 0 Å². The first kappa shape index (κ1) is 18.5. The molecule has 2 N–H and O–H groups in total. The molecule has 3 aromatic rings. The molecule has 0 unspecified atom stereocenters. The monoisotopic (exact) mass is 438 g/mol. The minimum atomic E-state index is -0.317. The molecule has 0 aliphatic rings. The van der Waals surface area contributed by atoms with Gasteiger partial charge in [0.05, 0.1) is 6.61 Å². The maximum atomic E-state index is 12.9. The molecule has 0 saturated carbocycles. The molecule has 0 atom stereocenters. The number of thioether (sulfide) groups is 1. The summed E-state index contributed by atoms with van der Waals surface area (Å²) in [7, 11) is 0. The van der Waals surface area contributed by atoms with Crippen LogP contribution in [0.25, 0.3) is 0 Å². The number of benzene rings is 2. The van der Waals surface area contributed by atoms with Crippen molar-refractivity contribution >= 4 is 27.7 Å². The van der Waals surface area contributed by atoms with Crippen molar-refractivity contribution < 1.29 is 13.9 Å². The lowest BCUT2D eigenvalue weighted by Crippen LogP contribution is -2.16. The van der Waals surface area contributed by atoms with Gasteiger partial charge in [0.15, 0.2) is 5.82 Å². The van der Waals surface area contributed by atoms with Gasteiger partial charge in [0, 0.05) is 10.2 Å². The summed E-state index contributed by atoms with van der Waals surface area (Å²) in [5.74, 6) is 8.14. The van der Waals surface area contributed by atoms with Gasteiger partial charge >= 0.3 is 0 Å². The maximum absolute atomic E-state index is 12.9. The van der Waals surface area contributed by atoms with Crippen LogP contribution in [0, 0.1) is 5.82 Å². The number of nitrogens with two attached hydrogens (primary N) is 1. The first-order valence-electron chi connectivity index (χ1n) is 7.71. The molecule has 26 heavy (non-hydrogen) atoms. The third kappa shape index (κ3) is 5.12. The highest BCUT2D eigenvalue weighted by Crippen LogP contribution is 2.20. The van der Waals surface area contributed by atoms with Crippen LogP contribution in [0.3, 0.4) is 0 Å². The predicted molar refractivity (Wildman–Crippen MR) is 101 cm³/mol. The lowest BCUT2D eigenvalue weighted by Gasteiger charge is -2.07. The highest BCUT2D eigenvalue weighted by molar-refractivity contribution is 9.10. The molecular weight excluding hydrogens is 423 g/mol. The number of aromatic nitrogens is 3. The normalized spacial score (nSPS) is 10.7. The van der Waals surface area contributed by atoms with Crippen molar-refractivity contribution in [3.63, 3.8) is 0 Å². The Kier molecular flexibility index (Phi) is 6.35. The van der Waals surface area contributed by atoms with Gasteiger partial charge < -0.3 is 15.3 Å². The molecule has 0 bridgehead atoms. The van der Waals surface area contributed by atoms with Crippen LogP contribution in [0.4, 0.5) is 4.39 Å². The van der Waals surface area contributed by atoms with E-state index < -0.39 is 0 Å². The van der Waals surface area contributed by atoms with Crippen molar-refractivity contribution in [3.05, 3.63) is 64.6 Å². The van der Waals surface area contributed by atoms with E-state index in [1.165, 1.54) is 28.6 Å². The number of rotatable bonds is 8. The van der Waals surface area contributed by atoms with Crippen molar-refractivity contribution in [2.24, 2.45) is 0 Å². The van der Waals surface area contributed by atoms with Gasteiger partial charge in [-0.25, -0.2) is 9.07 Å². The Morgan fingerprint density at radius 3 is 2.65 bits per heavy atom. The van der Waals surface area contributed by atoms with E-state index in [9.17, 15) is 4.39 Å². The number of nitrogens with zero attached hydrogens (tertiary/aromatic N) is 3. The molecule has 0 amide bonds. The van der Waals surface area contributed by atoms with Crippen molar-refractivity contribution in [1.82, 2.24) is 14.9 Å². The summed E-state index contributed by atoms with van der Waals surface area (Å²) >= 11 is 4.84. The first-order valence-corrected chi connectivity index (χ1v) is 9.48. The second-order valence-electron chi connectivity index (χ2n) is 5.17. The van der Waals surface area contributed by atoms with E-state index in [4.69, 9.17) is 15.3 Å². The minimum absolute atomic E-state index is 0.143. The molecule has 3 rings (SSSR count). The van der Waals surface area contributed by atoms with Crippen molar-refractivity contribution in [2.75, 3.05) is 18.2 Å². The quantitative estimate of drug-likeness (QED) is 0.328. The van der Waals surface area contributed by atoms with Gasteiger partial charge in [0.1, 0.15) is 23.9 Å². The zero-order valence-electron chi connectivity index (χ0n) is 13.6. The van der Waals surface area contributed by atoms with E-state index in [2.05, 4.69) is 26.1 Å². The van der Waals surface area contributed by atoms with Crippen LogP contribution >= 0.6 is 27.7 Å². The van der Waals surface area contributed by atoms with E-state index in [1.807, 2.05) is 24.3 Å². The minimum Gasteiger partial charge on any atom is -0.493 e. The number of hydrogen-bond acceptors (Lipinski definition) is 6. The summed E-state index contributed by atoms with van der Waals surface area (Å²) in [5.41, 5.74) is 0. The van der Waals surface area contributed by atoms with Crippen LogP contribution in [0.15, 0.2) is 58.2 Å². The van der Waals surface area contributed by atoms with Crippen molar-refractivity contribution in [2.45, 2.75) is 11.8 Å². The van der Waals surface area contributed by atoms with Crippen LogP contribution in [0.2, 0.25) is 0 Å². The van der Waals surface area contributed by atoms with Gasteiger partial charge in [-0.05, 0) is 42.5 Å². The number of ether oxygens (including phenoxy) is 2. The molecule has 0 spiro atoms. The summed E-state index contributed by atoms with van der Waals surface area (Å²) in [6.45, 7) is 0.652. The van der Waals surface area contributed by atoms with Gasteiger partial charge in [-0.3, -0.25) is 0 Å². The average Bonchev–Trinajstić information content (AvgIpc) is 2.98. The van der Waals surface area contributed by atoms with Crippen LogP contribution in [0.1, 0.15) is 5.82 Å². The number of halogens is 2. The lowest BCUT2D eigenvalue weighted by molar-refractivity contribution is 0.291. The van der Waals surface area contributed by atoms with Crippen LogP contribution in [-0.4, -0.2) is 27.2 Å². The highest BCUT2D eigenvalue weighted by Gasteiger charge is 2.11. The van der Waals surface area contributed by atoms with Gasteiger partial charge in [0.25, 0.3) is 0 Å². The molecule has 2 aromatic carbocycles. The Morgan fingerprint density at radius 1 is 1.08 bits per heavy atom. The average molecular weight is 439 g/mol. The molecule has 0 aliphatic heterocycles. The predicted octanol–water partition coefficient (Wildman–Crippen LogP) is 3.64. The summed E-state index contributed by atoms with van der Waals surface area (Å²) in [6.07, 6.45) is 0. The lowest BCUT2D eigenvalue weighted by atomic mass is 10.3. The zero-order valence-corrected chi connectivity index (χ0v) is 16.0. The maximum Gasteiger partial charge on any atom is 0.210 e. The Labute approximate surface area is 162 Å². The third-order valence-corrected chi connectivity index (χ3v) is 4.70. The molecule has 1 heterocycles. The zero-order chi connectivity index (χ0) is 18.4. The van der Waals surface area contributed by atoms with E-state index in [0.29, 0.717) is 29.1 Å². The molecular formula is C17H16BrFN4O2S. The highest BCUT2D eigenvalue weighted by atomic mass is 79.9. The second kappa shape index (κ2) is 8.91. The van der Waals surface area contributed by atoms with Gasteiger partial charge in [-0.1, -0.05) is 33.8 Å². The number of hydrogen-bond donors (Lipinski definition) is 1. The smallest absolute Gasteiger partial charge is 0.210 e. The van der Waals surface area contributed by atoms with E-state index in [0.717, 1.165) is 10.2 Å². The Hall–Kier alpha value is -2.26. The summed E-state index contributed by atoms with van der Waals surface area (Å²) in [4.78, 5) is 0. The molecule has 0 saturated heterocycles. The Morgan fingerprint density at radius 2 is 1.88 bits per heavy atom. The van der Waals surface area contributed by atoms with Gasteiger partial charge in [0.2, 0.25) is 5.16 Å². The summed E-state index contributed by atoms with van der Waals surface area (Å²) in [6, 6.07) is 13.4. The Bertz CT molecular complexity index is 860. The third-order valence-electron chi connectivity index (χ3n) is 3.30. The number of nitrogen functional groups attached to an aromatic ring is 1. The Balaban J connectivity index is 1.46. The fourth-order valence-electron chi connectivity index (χ4n) is 2.03. The fraction of sp³-hybridized carbons (Fsp3) is 0.176. The summed E-state index contributed by atoms with van der Waals surface area (Å²) < 4.78 is 26.4. The van der Waals surface area contributed by atoms with Crippen LogP contribution in [0.5, 0.6) is 11.5 Å². The van der Waals surface area contributed by atoms with Crippen LogP contribution in [-0.2, 0) is 6.61 Å². The molecule has 6 nitrogen and oxygen atoms in total. The van der Waals surface area contributed by atoms with E-state index in [1.54, 1.807) is 12.1 Å². The van der Waals surface area contributed by atoms with Gasteiger partial charge in [-0.2, -0.15) is 0 Å². The molecule has 0 aliphatic carbocycles. The SMILES string of the molecule is Nn1c(COc2ccc(F)cc2)nnc1SCCOc1cccc(Br)c1. The van der Waals surface area contributed by atoms with Crippen LogP contribution < -0.4 is 15.3 Å². The van der Waals surface area contributed by atoms with Gasteiger partial charge in [-0.15, -0.1) is 10.2 Å². The summed E-state index contributed by atoms with van der Waals surface area (Å²) in [5, 5.41) is 8.64.